The van der Waals surface area contributed by atoms with Crippen LogP contribution in [-0.2, 0) is 6.61 Å². The average molecular weight is 300 g/mol. The molecule has 2 heterocycles. The monoisotopic (exact) mass is 300 g/mol. The lowest BCUT2D eigenvalue weighted by atomic mass is 10.1. The molecule has 3 rings (SSSR count). The molecule has 0 fully saturated rings. The van der Waals surface area contributed by atoms with E-state index in [9.17, 15) is 4.79 Å². The molecule has 2 aromatic heterocycles. The number of rotatable bonds is 5. The Hall–Kier alpha value is -3.36. The van der Waals surface area contributed by atoms with Gasteiger partial charge in [-0.25, -0.2) is 9.89 Å². The van der Waals surface area contributed by atoms with Crippen molar-refractivity contribution in [2.24, 2.45) is 0 Å². The number of hydrogen-bond donors (Lipinski definition) is 2. The highest BCUT2D eigenvalue weighted by Gasteiger charge is 2.13. The molecule has 0 bridgehead atoms. The number of hydrogen-bond acceptors (Lipinski definition) is 6. The van der Waals surface area contributed by atoms with Crippen LogP contribution < -0.4 is 10.4 Å². The summed E-state index contributed by atoms with van der Waals surface area (Å²) in [4.78, 5) is 12.4. The smallest absolute Gasteiger partial charge is 0.365 e. The summed E-state index contributed by atoms with van der Waals surface area (Å²) < 4.78 is 6.66. The summed E-state index contributed by atoms with van der Waals surface area (Å²) in [7, 11) is 0. The molecular weight excluding hydrogens is 288 g/mol. The van der Waals surface area contributed by atoms with Crippen molar-refractivity contribution in [1.82, 2.24) is 30.2 Å². The van der Waals surface area contributed by atoms with Gasteiger partial charge in [0.2, 0.25) is 5.88 Å². The standard InChI is InChI=1S/C13H12N6O3/c1-2-9-4-3-5-11(19-13(20)14-16-17-19)10(9)8-22-12-6-7-18(21)15-12/h2-7,21H,1,8H2,(H,14,17,20). The van der Waals surface area contributed by atoms with Gasteiger partial charge in [-0.3, -0.25) is 0 Å². The fourth-order valence-corrected chi connectivity index (χ4v) is 2.02. The van der Waals surface area contributed by atoms with Crippen molar-refractivity contribution < 1.29 is 9.94 Å². The van der Waals surface area contributed by atoms with Crippen molar-refractivity contribution >= 4 is 6.08 Å². The third-order valence-corrected chi connectivity index (χ3v) is 3.02. The van der Waals surface area contributed by atoms with Crippen LogP contribution in [0.4, 0.5) is 0 Å². The summed E-state index contributed by atoms with van der Waals surface area (Å²) >= 11 is 0. The maximum atomic E-state index is 11.7. The van der Waals surface area contributed by atoms with E-state index in [1.165, 1.54) is 12.3 Å². The normalized spacial score (nSPS) is 10.5. The molecule has 0 aliphatic carbocycles. The molecule has 9 nitrogen and oxygen atoms in total. The van der Waals surface area contributed by atoms with Crippen molar-refractivity contribution in [3.63, 3.8) is 0 Å². The zero-order valence-electron chi connectivity index (χ0n) is 11.4. The van der Waals surface area contributed by atoms with Gasteiger partial charge in [-0.05, 0) is 22.1 Å². The second kappa shape index (κ2) is 5.56. The summed E-state index contributed by atoms with van der Waals surface area (Å²) in [5.41, 5.74) is 1.55. The molecule has 0 saturated heterocycles. The van der Waals surface area contributed by atoms with Gasteiger partial charge in [0.25, 0.3) is 0 Å². The molecular formula is C13H12N6O3. The Balaban J connectivity index is 1.99. The first-order valence-corrected chi connectivity index (χ1v) is 6.32. The van der Waals surface area contributed by atoms with Crippen LogP contribution in [0.5, 0.6) is 5.88 Å². The minimum Gasteiger partial charge on any atom is -0.472 e. The average Bonchev–Trinajstić information content (AvgIpc) is 3.13. The van der Waals surface area contributed by atoms with Gasteiger partial charge in [0.05, 0.1) is 11.9 Å². The number of nitrogens with zero attached hydrogens (tertiary/aromatic N) is 5. The van der Waals surface area contributed by atoms with E-state index in [1.807, 2.05) is 6.07 Å². The van der Waals surface area contributed by atoms with Crippen LogP contribution >= 0.6 is 0 Å². The predicted octanol–water partition coefficient (Wildman–Crippen LogP) is 0.611. The number of aromatic nitrogens is 6. The minimum absolute atomic E-state index is 0.119. The number of H-pyrrole nitrogens is 1. The largest absolute Gasteiger partial charge is 0.472 e. The number of nitrogens with one attached hydrogen (secondary N) is 1. The predicted molar refractivity (Wildman–Crippen MR) is 75.8 cm³/mol. The summed E-state index contributed by atoms with van der Waals surface area (Å²) in [6.07, 6.45) is 3.00. The van der Waals surface area contributed by atoms with Gasteiger partial charge in [-0.1, -0.05) is 29.9 Å². The molecule has 2 N–H and O–H groups in total. The van der Waals surface area contributed by atoms with Crippen LogP contribution in [0.2, 0.25) is 0 Å². The zero-order valence-corrected chi connectivity index (χ0v) is 11.4. The van der Waals surface area contributed by atoms with Crippen molar-refractivity contribution in [3.05, 3.63) is 58.7 Å². The Labute approximate surface area is 124 Å². The van der Waals surface area contributed by atoms with E-state index in [0.717, 1.165) is 10.2 Å². The van der Waals surface area contributed by atoms with E-state index < -0.39 is 5.69 Å². The molecule has 0 atom stereocenters. The van der Waals surface area contributed by atoms with Gasteiger partial charge in [-0.15, -0.1) is 4.85 Å². The Morgan fingerprint density at radius 2 is 2.27 bits per heavy atom. The highest BCUT2D eigenvalue weighted by molar-refractivity contribution is 5.58. The quantitative estimate of drug-likeness (QED) is 0.668. The molecule has 0 radical (unpaired) electrons. The molecule has 9 heteroatoms. The maximum absolute atomic E-state index is 11.7. The molecule has 0 saturated carbocycles. The lowest BCUT2D eigenvalue weighted by molar-refractivity contribution is 0.141. The van der Waals surface area contributed by atoms with E-state index in [1.54, 1.807) is 18.2 Å². The van der Waals surface area contributed by atoms with Gasteiger partial charge in [-0.2, -0.15) is 4.68 Å². The van der Waals surface area contributed by atoms with Gasteiger partial charge < -0.3 is 9.94 Å². The summed E-state index contributed by atoms with van der Waals surface area (Å²) in [6.45, 7) is 3.87. The molecule has 3 aromatic rings. The highest BCUT2D eigenvalue weighted by atomic mass is 16.5. The van der Waals surface area contributed by atoms with Crippen molar-refractivity contribution in [2.75, 3.05) is 0 Å². The van der Waals surface area contributed by atoms with Crippen molar-refractivity contribution in [3.8, 4) is 11.6 Å². The first-order valence-electron chi connectivity index (χ1n) is 6.32. The first-order chi connectivity index (χ1) is 10.7. The number of ether oxygens (including phenoxy) is 1. The first kappa shape index (κ1) is 13.6. The van der Waals surface area contributed by atoms with Gasteiger partial charge in [0, 0.05) is 11.6 Å². The zero-order chi connectivity index (χ0) is 15.5. The Kier molecular flexibility index (Phi) is 3.44. The van der Waals surface area contributed by atoms with Gasteiger partial charge in [0.1, 0.15) is 6.61 Å². The van der Waals surface area contributed by atoms with Crippen LogP contribution in [0.25, 0.3) is 11.8 Å². The third kappa shape index (κ3) is 2.46. The molecule has 22 heavy (non-hydrogen) atoms. The number of benzene rings is 1. The van der Waals surface area contributed by atoms with Crippen LogP contribution in [0, 0.1) is 0 Å². The molecule has 0 aliphatic rings. The number of aromatic amines is 1. The van der Waals surface area contributed by atoms with Crippen LogP contribution in [-0.4, -0.2) is 35.4 Å². The topological polar surface area (TPSA) is 111 Å². The molecule has 112 valence electrons. The van der Waals surface area contributed by atoms with E-state index in [0.29, 0.717) is 16.1 Å². The van der Waals surface area contributed by atoms with Gasteiger partial charge in [0.15, 0.2) is 0 Å². The van der Waals surface area contributed by atoms with E-state index in [4.69, 9.17) is 9.94 Å². The Morgan fingerprint density at radius 3 is 2.91 bits per heavy atom. The van der Waals surface area contributed by atoms with Crippen molar-refractivity contribution in [2.45, 2.75) is 6.61 Å². The fraction of sp³-hybridized carbons (Fsp3) is 0.0769. The Bertz CT molecular complexity index is 863. The summed E-state index contributed by atoms with van der Waals surface area (Å²) in [5, 5.41) is 22.3. The SMILES string of the molecule is C=Cc1cccc(-n2nn[nH]c2=O)c1COc1ccn(O)n1. The minimum atomic E-state index is -0.456. The molecule has 0 spiro atoms. The van der Waals surface area contributed by atoms with Crippen molar-refractivity contribution in [1.29, 1.82) is 0 Å². The van der Waals surface area contributed by atoms with E-state index >= 15 is 0 Å². The summed E-state index contributed by atoms with van der Waals surface area (Å²) in [6, 6.07) is 6.85. The molecule has 0 unspecified atom stereocenters. The lowest BCUT2D eigenvalue weighted by Crippen LogP contribution is -2.18. The number of tetrazole rings is 1. The third-order valence-electron chi connectivity index (χ3n) is 3.02. The van der Waals surface area contributed by atoms with Gasteiger partial charge >= 0.3 is 5.69 Å². The second-order valence-electron chi connectivity index (χ2n) is 4.33. The second-order valence-corrected chi connectivity index (χ2v) is 4.33. The molecule has 1 aromatic carbocycles. The van der Waals surface area contributed by atoms with E-state index in [2.05, 4.69) is 27.2 Å². The highest BCUT2D eigenvalue weighted by Crippen LogP contribution is 2.20. The van der Waals surface area contributed by atoms with E-state index in [-0.39, 0.29) is 12.5 Å². The molecule has 0 amide bonds. The summed E-state index contributed by atoms with van der Waals surface area (Å²) in [5.74, 6) is 0.250. The fourth-order valence-electron chi connectivity index (χ4n) is 2.02. The van der Waals surface area contributed by atoms with Crippen LogP contribution in [0.15, 0.2) is 41.8 Å². The maximum Gasteiger partial charge on any atom is 0.365 e. The lowest BCUT2D eigenvalue weighted by Gasteiger charge is -2.11. The Morgan fingerprint density at radius 1 is 1.41 bits per heavy atom. The van der Waals surface area contributed by atoms with Crippen LogP contribution in [0.3, 0.4) is 0 Å². The van der Waals surface area contributed by atoms with Crippen LogP contribution in [0.1, 0.15) is 11.1 Å². The molecule has 0 aliphatic heterocycles.